The highest BCUT2D eigenvalue weighted by Gasteiger charge is 2.20. The smallest absolute Gasteiger partial charge is 0.233 e. The summed E-state index contributed by atoms with van der Waals surface area (Å²) in [6.07, 6.45) is 3.26. The molecule has 0 saturated heterocycles. The number of aromatic nitrogens is 2. The lowest BCUT2D eigenvalue weighted by Gasteiger charge is -2.06. The van der Waals surface area contributed by atoms with Crippen LogP contribution in [-0.4, -0.2) is 21.0 Å². The first-order valence-corrected chi connectivity index (χ1v) is 9.17. The van der Waals surface area contributed by atoms with E-state index in [4.69, 9.17) is 16.0 Å². The van der Waals surface area contributed by atoms with Crippen LogP contribution < -0.4 is 5.32 Å². The van der Waals surface area contributed by atoms with Crippen LogP contribution in [0, 0.1) is 0 Å². The van der Waals surface area contributed by atoms with E-state index >= 15 is 0 Å². The molecule has 2 N–H and O–H groups in total. The van der Waals surface area contributed by atoms with Gasteiger partial charge < -0.3 is 9.52 Å². The van der Waals surface area contributed by atoms with Crippen molar-refractivity contribution in [1.82, 2.24) is 9.97 Å². The molecule has 1 amide bonds. The predicted molar refractivity (Wildman–Crippen MR) is 112 cm³/mol. The molecule has 0 aliphatic heterocycles. The first-order valence-electron chi connectivity index (χ1n) is 8.79. The van der Waals surface area contributed by atoms with Crippen LogP contribution in [0.4, 0.5) is 5.88 Å². The van der Waals surface area contributed by atoms with E-state index in [1.807, 2.05) is 30.3 Å². The molecule has 29 heavy (non-hydrogen) atoms. The van der Waals surface area contributed by atoms with E-state index in [2.05, 4.69) is 15.3 Å². The van der Waals surface area contributed by atoms with E-state index in [1.165, 1.54) is 6.92 Å². The Hall–Kier alpha value is -3.64. The van der Waals surface area contributed by atoms with Crippen molar-refractivity contribution in [1.29, 1.82) is 0 Å². The highest BCUT2D eigenvalue weighted by atomic mass is 35.5. The molecule has 0 spiro atoms. The molecule has 0 atom stereocenters. The molecule has 0 aliphatic rings. The number of benzene rings is 2. The number of phenolic OH excluding ortho intramolecular Hbond substituents is 1. The summed E-state index contributed by atoms with van der Waals surface area (Å²) in [5.74, 6) is 0.0794. The highest BCUT2D eigenvalue weighted by Crippen LogP contribution is 2.38. The Morgan fingerprint density at radius 1 is 1.07 bits per heavy atom. The van der Waals surface area contributed by atoms with E-state index in [0.717, 1.165) is 11.1 Å². The zero-order valence-corrected chi connectivity index (χ0v) is 16.1. The molecule has 0 fully saturated rings. The molecule has 2 aromatic heterocycles. The summed E-state index contributed by atoms with van der Waals surface area (Å²) in [4.78, 5) is 20.1. The lowest BCUT2D eigenvalue weighted by molar-refractivity contribution is -0.114. The second-order valence-corrected chi connectivity index (χ2v) is 6.80. The Labute approximate surface area is 171 Å². The van der Waals surface area contributed by atoms with Crippen LogP contribution >= 0.6 is 11.6 Å². The number of hydrogen-bond donors (Lipinski definition) is 2. The number of halogens is 1. The van der Waals surface area contributed by atoms with Gasteiger partial charge in [0, 0.05) is 29.9 Å². The van der Waals surface area contributed by atoms with E-state index < -0.39 is 0 Å². The number of oxazole rings is 1. The number of amides is 1. The Morgan fingerprint density at radius 3 is 2.55 bits per heavy atom. The molecule has 2 heterocycles. The molecule has 4 rings (SSSR count). The van der Waals surface area contributed by atoms with Crippen LogP contribution in [0.1, 0.15) is 6.92 Å². The highest BCUT2D eigenvalue weighted by molar-refractivity contribution is 6.30. The molecule has 4 aromatic rings. The van der Waals surface area contributed by atoms with Gasteiger partial charge in [0.25, 0.3) is 0 Å². The number of phenols is 1. The number of nitrogens with one attached hydrogen (secondary N) is 1. The summed E-state index contributed by atoms with van der Waals surface area (Å²) in [5.41, 5.74) is 3.19. The van der Waals surface area contributed by atoms with E-state index in [1.54, 1.807) is 36.7 Å². The average Bonchev–Trinajstić information content (AvgIpc) is 3.11. The van der Waals surface area contributed by atoms with Gasteiger partial charge in [-0.3, -0.25) is 15.1 Å². The van der Waals surface area contributed by atoms with E-state index in [9.17, 15) is 9.90 Å². The summed E-state index contributed by atoms with van der Waals surface area (Å²) in [6.45, 7) is 1.38. The molecule has 0 aliphatic carbocycles. The fraction of sp³-hybridized carbons (Fsp3) is 0.0455. The number of anilines is 1. The van der Waals surface area contributed by atoms with Gasteiger partial charge in [-0.05, 0) is 47.5 Å². The number of carbonyl (C=O) groups excluding carboxylic acids is 1. The quantitative estimate of drug-likeness (QED) is 0.475. The van der Waals surface area contributed by atoms with Crippen LogP contribution in [-0.2, 0) is 4.79 Å². The number of rotatable bonds is 4. The zero-order valence-electron chi connectivity index (χ0n) is 15.4. The third-order valence-electron chi connectivity index (χ3n) is 4.24. The maximum Gasteiger partial charge on any atom is 0.233 e. The minimum absolute atomic E-state index is 0.00385. The van der Waals surface area contributed by atoms with Crippen molar-refractivity contribution in [2.45, 2.75) is 6.92 Å². The predicted octanol–water partition coefficient (Wildman–Crippen LogP) is 5.39. The first kappa shape index (κ1) is 18.7. The molecule has 6 nitrogen and oxygen atoms in total. The fourth-order valence-corrected chi connectivity index (χ4v) is 3.13. The monoisotopic (exact) mass is 405 g/mol. The van der Waals surface area contributed by atoms with Gasteiger partial charge in [-0.15, -0.1) is 0 Å². The van der Waals surface area contributed by atoms with Crippen molar-refractivity contribution in [2.75, 3.05) is 5.32 Å². The summed E-state index contributed by atoms with van der Waals surface area (Å²) < 4.78 is 5.76. The van der Waals surface area contributed by atoms with Crippen LogP contribution in [0.15, 0.2) is 71.4 Å². The molecule has 2 aromatic carbocycles. The van der Waals surface area contributed by atoms with Gasteiger partial charge in [-0.1, -0.05) is 29.8 Å². The molecular formula is C22H16ClN3O3. The Bertz CT molecular complexity index is 1190. The number of hydrogen-bond acceptors (Lipinski definition) is 5. The second kappa shape index (κ2) is 7.77. The summed E-state index contributed by atoms with van der Waals surface area (Å²) in [6, 6.07) is 16.1. The van der Waals surface area contributed by atoms with Crippen molar-refractivity contribution < 1.29 is 14.3 Å². The zero-order chi connectivity index (χ0) is 20.4. The van der Waals surface area contributed by atoms with Crippen molar-refractivity contribution in [2.24, 2.45) is 0 Å². The lowest BCUT2D eigenvalue weighted by Crippen LogP contribution is -2.05. The minimum Gasteiger partial charge on any atom is -0.507 e. The second-order valence-electron chi connectivity index (χ2n) is 6.36. The first-order chi connectivity index (χ1) is 14.0. The fourth-order valence-electron chi connectivity index (χ4n) is 2.94. The van der Waals surface area contributed by atoms with Crippen molar-refractivity contribution in [3.63, 3.8) is 0 Å². The van der Waals surface area contributed by atoms with Crippen molar-refractivity contribution in [3.8, 4) is 39.6 Å². The van der Waals surface area contributed by atoms with Gasteiger partial charge in [-0.25, -0.2) is 4.98 Å². The summed E-state index contributed by atoms with van der Waals surface area (Å²) in [5, 5.41) is 13.8. The number of nitrogens with zero attached hydrogens (tertiary/aromatic N) is 2. The molecule has 0 radical (unpaired) electrons. The van der Waals surface area contributed by atoms with Gasteiger partial charge in [0.1, 0.15) is 11.4 Å². The van der Waals surface area contributed by atoms with Gasteiger partial charge in [0.05, 0.1) is 5.56 Å². The van der Waals surface area contributed by atoms with Gasteiger partial charge in [0.15, 0.2) is 0 Å². The Morgan fingerprint density at radius 2 is 1.86 bits per heavy atom. The van der Waals surface area contributed by atoms with Gasteiger partial charge in [-0.2, -0.15) is 0 Å². The van der Waals surface area contributed by atoms with E-state index in [0.29, 0.717) is 21.8 Å². The Kier molecular flexibility index (Phi) is 5.01. The number of carbonyl (C=O) groups is 1. The SMILES string of the molecule is CC(=O)Nc1oc(-c2ccc(-c3cccc(Cl)c3)cc2O)nc1-c1cccnc1. The minimum atomic E-state index is -0.293. The Balaban J connectivity index is 1.76. The van der Waals surface area contributed by atoms with Gasteiger partial charge in [0.2, 0.25) is 17.7 Å². The summed E-state index contributed by atoms with van der Waals surface area (Å²) >= 11 is 6.05. The third-order valence-corrected chi connectivity index (χ3v) is 4.47. The molecular weight excluding hydrogens is 390 g/mol. The molecule has 144 valence electrons. The largest absolute Gasteiger partial charge is 0.507 e. The molecule has 0 unspecified atom stereocenters. The van der Waals surface area contributed by atoms with Crippen LogP contribution in [0.5, 0.6) is 5.75 Å². The number of aromatic hydroxyl groups is 1. The van der Waals surface area contributed by atoms with Crippen LogP contribution in [0.25, 0.3) is 33.8 Å². The topological polar surface area (TPSA) is 88.2 Å². The van der Waals surface area contributed by atoms with Crippen molar-refractivity contribution in [3.05, 3.63) is 72.0 Å². The van der Waals surface area contributed by atoms with Crippen LogP contribution in [0.2, 0.25) is 5.02 Å². The normalized spacial score (nSPS) is 10.7. The van der Waals surface area contributed by atoms with Crippen LogP contribution in [0.3, 0.4) is 0 Å². The standard InChI is InChI=1S/C22H16ClN3O3/c1-13(27)25-22-20(16-5-3-9-24-12-16)26-21(29-22)18-8-7-15(11-19(18)28)14-4-2-6-17(23)10-14/h2-12,28H,1H3,(H,25,27). The molecule has 0 bridgehead atoms. The van der Waals surface area contributed by atoms with Gasteiger partial charge >= 0.3 is 0 Å². The maximum atomic E-state index is 11.6. The number of pyridine rings is 1. The lowest BCUT2D eigenvalue weighted by atomic mass is 10.0. The maximum absolute atomic E-state index is 11.6. The molecule has 0 saturated carbocycles. The third kappa shape index (κ3) is 3.97. The van der Waals surface area contributed by atoms with Crippen molar-refractivity contribution >= 4 is 23.4 Å². The van der Waals surface area contributed by atoms with E-state index in [-0.39, 0.29) is 23.4 Å². The average molecular weight is 406 g/mol. The molecule has 7 heteroatoms. The summed E-state index contributed by atoms with van der Waals surface area (Å²) in [7, 11) is 0.